The summed E-state index contributed by atoms with van der Waals surface area (Å²) in [5, 5.41) is 7.14. The van der Waals surface area contributed by atoms with Crippen LogP contribution in [-0.4, -0.2) is 66.8 Å². The normalized spacial score (nSPS) is 10.8. The lowest BCUT2D eigenvalue weighted by molar-refractivity contribution is -0.128. The molecule has 0 aromatic carbocycles. The number of amides is 1. The van der Waals surface area contributed by atoms with Gasteiger partial charge in [-0.25, -0.2) is 4.68 Å². The maximum absolute atomic E-state index is 12.0. The number of nitrogens with one attached hydrogen (secondary N) is 1. The summed E-state index contributed by atoms with van der Waals surface area (Å²) in [6.45, 7) is 1.58. The number of halogens is 1. The molecule has 0 aliphatic rings. The van der Waals surface area contributed by atoms with Gasteiger partial charge in [0, 0.05) is 33.6 Å². The molecule has 1 aromatic heterocycles. The zero-order valence-corrected chi connectivity index (χ0v) is 13.6. The van der Waals surface area contributed by atoms with E-state index in [-0.39, 0.29) is 16.5 Å². The van der Waals surface area contributed by atoms with Crippen molar-refractivity contribution < 1.29 is 4.79 Å². The third-order valence-electron chi connectivity index (χ3n) is 2.90. The second kappa shape index (κ2) is 7.99. The number of carbonyl (C=O) groups excluding carboxylic acids is 1. The number of carbonyl (C=O) groups is 1. The molecule has 0 aliphatic carbocycles. The molecule has 7 nitrogen and oxygen atoms in total. The molecule has 0 spiro atoms. The lowest BCUT2D eigenvalue weighted by Gasteiger charge is -2.13. The number of aromatic nitrogens is 2. The average Bonchev–Trinajstić information content (AvgIpc) is 2.42. The number of anilines is 1. The lowest BCUT2D eigenvalue weighted by atomic mass is 10.3. The Labute approximate surface area is 129 Å². The highest BCUT2D eigenvalue weighted by Crippen LogP contribution is 2.15. The van der Waals surface area contributed by atoms with Crippen LogP contribution in [0.3, 0.4) is 0 Å². The van der Waals surface area contributed by atoms with Crippen LogP contribution in [0, 0.1) is 0 Å². The van der Waals surface area contributed by atoms with Crippen LogP contribution >= 0.6 is 11.6 Å². The molecular weight excluding hydrogens is 294 g/mol. The minimum absolute atomic E-state index is 0.00547. The Kier molecular flexibility index (Phi) is 6.64. The van der Waals surface area contributed by atoms with E-state index in [9.17, 15) is 9.59 Å². The molecule has 0 radical (unpaired) electrons. The maximum Gasteiger partial charge on any atom is 0.287 e. The molecule has 1 aromatic rings. The Morgan fingerprint density at radius 3 is 2.62 bits per heavy atom. The van der Waals surface area contributed by atoms with E-state index in [2.05, 4.69) is 10.4 Å². The predicted octanol–water partition coefficient (Wildman–Crippen LogP) is 0.349. The van der Waals surface area contributed by atoms with Gasteiger partial charge in [-0.2, -0.15) is 5.10 Å². The smallest absolute Gasteiger partial charge is 0.287 e. The minimum atomic E-state index is -0.331. The molecule has 1 rings (SSSR count). The summed E-state index contributed by atoms with van der Waals surface area (Å²) in [4.78, 5) is 27.0. The predicted molar refractivity (Wildman–Crippen MR) is 83.9 cm³/mol. The van der Waals surface area contributed by atoms with E-state index in [1.807, 2.05) is 19.0 Å². The van der Waals surface area contributed by atoms with Crippen molar-refractivity contribution >= 4 is 23.2 Å². The summed E-state index contributed by atoms with van der Waals surface area (Å²) in [7, 11) is 7.24. The SMILES string of the molecule is CN(C)CCn1ncc(NCCC(=O)N(C)C)c(Cl)c1=O. The Morgan fingerprint density at radius 2 is 2.05 bits per heavy atom. The van der Waals surface area contributed by atoms with Crippen molar-refractivity contribution in [2.24, 2.45) is 0 Å². The number of nitrogens with zero attached hydrogens (tertiary/aromatic N) is 4. The van der Waals surface area contributed by atoms with Gasteiger partial charge in [-0.3, -0.25) is 9.59 Å². The van der Waals surface area contributed by atoms with Crippen molar-refractivity contribution in [2.75, 3.05) is 46.6 Å². The largest absolute Gasteiger partial charge is 0.382 e. The van der Waals surface area contributed by atoms with Crippen LogP contribution in [0.2, 0.25) is 5.02 Å². The van der Waals surface area contributed by atoms with E-state index in [0.717, 1.165) is 0 Å². The standard InChI is InChI=1S/C13H22ClN5O2/c1-17(2)7-8-19-13(21)12(14)10(9-16-19)15-6-5-11(20)18(3)4/h9,15H,5-8H2,1-4H3. The molecule has 0 saturated carbocycles. The molecule has 1 amide bonds. The Bertz CT molecular complexity index is 542. The summed E-state index contributed by atoms with van der Waals surface area (Å²) >= 11 is 6.05. The summed E-state index contributed by atoms with van der Waals surface area (Å²) in [6.07, 6.45) is 1.84. The van der Waals surface area contributed by atoms with Crippen LogP contribution in [-0.2, 0) is 11.3 Å². The van der Waals surface area contributed by atoms with E-state index in [1.54, 1.807) is 14.1 Å². The third kappa shape index (κ3) is 5.35. The molecule has 0 bridgehead atoms. The summed E-state index contributed by atoms with van der Waals surface area (Å²) in [5.74, 6) is 0.00547. The van der Waals surface area contributed by atoms with E-state index < -0.39 is 0 Å². The first-order valence-electron chi connectivity index (χ1n) is 6.67. The van der Waals surface area contributed by atoms with Gasteiger partial charge in [0.1, 0.15) is 5.02 Å². The average molecular weight is 316 g/mol. The monoisotopic (exact) mass is 315 g/mol. The Balaban J connectivity index is 2.67. The van der Waals surface area contributed by atoms with Crippen molar-refractivity contribution in [3.63, 3.8) is 0 Å². The van der Waals surface area contributed by atoms with E-state index in [1.165, 1.54) is 15.8 Å². The van der Waals surface area contributed by atoms with E-state index in [4.69, 9.17) is 11.6 Å². The first kappa shape index (κ1) is 17.5. The summed E-state index contributed by atoms with van der Waals surface area (Å²) < 4.78 is 1.33. The molecule has 8 heteroatoms. The molecule has 118 valence electrons. The number of hydrogen-bond acceptors (Lipinski definition) is 5. The molecular formula is C13H22ClN5O2. The van der Waals surface area contributed by atoms with Crippen molar-refractivity contribution in [3.05, 3.63) is 21.6 Å². The van der Waals surface area contributed by atoms with Crippen molar-refractivity contribution in [3.8, 4) is 0 Å². The number of likely N-dealkylation sites (N-methyl/N-ethyl adjacent to an activating group) is 1. The summed E-state index contributed by atoms with van der Waals surface area (Å²) in [6, 6.07) is 0. The Morgan fingerprint density at radius 1 is 1.38 bits per heavy atom. The summed E-state index contributed by atoms with van der Waals surface area (Å²) in [5.41, 5.74) is 0.122. The molecule has 21 heavy (non-hydrogen) atoms. The maximum atomic E-state index is 12.0. The molecule has 1 N–H and O–H groups in total. The highest BCUT2D eigenvalue weighted by Gasteiger charge is 2.10. The van der Waals surface area contributed by atoms with Crippen molar-refractivity contribution in [2.45, 2.75) is 13.0 Å². The quantitative estimate of drug-likeness (QED) is 0.786. The minimum Gasteiger partial charge on any atom is -0.382 e. The van der Waals surface area contributed by atoms with Gasteiger partial charge in [-0.1, -0.05) is 11.6 Å². The molecule has 0 atom stereocenters. The fraction of sp³-hybridized carbons (Fsp3) is 0.615. The van der Waals surface area contributed by atoms with E-state index >= 15 is 0 Å². The van der Waals surface area contributed by atoms with Gasteiger partial charge < -0.3 is 15.1 Å². The lowest BCUT2D eigenvalue weighted by Crippen LogP contribution is -2.29. The number of hydrogen-bond donors (Lipinski definition) is 1. The van der Waals surface area contributed by atoms with Gasteiger partial charge in [0.15, 0.2) is 0 Å². The van der Waals surface area contributed by atoms with Crippen LogP contribution in [0.25, 0.3) is 0 Å². The van der Waals surface area contributed by atoms with Gasteiger partial charge in [0.2, 0.25) is 5.91 Å². The van der Waals surface area contributed by atoms with Gasteiger partial charge in [-0.15, -0.1) is 0 Å². The molecule has 0 unspecified atom stereocenters. The Hall–Kier alpha value is -1.60. The highest BCUT2D eigenvalue weighted by atomic mass is 35.5. The van der Waals surface area contributed by atoms with Crippen LogP contribution < -0.4 is 10.9 Å². The van der Waals surface area contributed by atoms with Gasteiger partial charge in [0.05, 0.1) is 18.4 Å². The van der Waals surface area contributed by atoms with Crippen LogP contribution in [0.5, 0.6) is 0 Å². The highest BCUT2D eigenvalue weighted by molar-refractivity contribution is 6.32. The van der Waals surface area contributed by atoms with Crippen LogP contribution in [0.15, 0.2) is 11.0 Å². The first-order chi connectivity index (χ1) is 9.82. The van der Waals surface area contributed by atoms with Crippen molar-refractivity contribution in [1.29, 1.82) is 0 Å². The second-order valence-electron chi connectivity index (χ2n) is 5.17. The zero-order valence-electron chi connectivity index (χ0n) is 12.9. The van der Waals surface area contributed by atoms with Crippen LogP contribution in [0.1, 0.15) is 6.42 Å². The first-order valence-corrected chi connectivity index (χ1v) is 7.05. The second-order valence-corrected chi connectivity index (χ2v) is 5.55. The molecule has 0 aliphatic heterocycles. The number of rotatable bonds is 7. The topological polar surface area (TPSA) is 70.5 Å². The van der Waals surface area contributed by atoms with Crippen molar-refractivity contribution in [1.82, 2.24) is 19.6 Å². The molecule has 1 heterocycles. The molecule has 0 fully saturated rings. The van der Waals surface area contributed by atoms with E-state index in [0.29, 0.717) is 31.7 Å². The zero-order chi connectivity index (χ0) is 16.0. The van der Waals surface area contributed by atoms with Gasteiger partial charge in [0.25, 0.3) is 5.56 Å². The van der Waals surface area contributed by atoms with Gasteiger partial charge >= 0.3 is 0 Å². The fourth-order valence-corrected chi connectivity index (χ4v) is 1.78. The fourth-order valence-electron chi connectivity index (χ4n) is 1.57. The third-order valence-corrected chi connectivity index (χ3v) is 3.26. The van der Waals surface area contributed by atoms with Gasteiger partial charge in [-0.05, 0) is 14.1 Å². The van der Waals surface area contributed by atoms with Crippen LogP contribution in [0.4, 0.5) is 5.69 Å². The molecule has 0 saturated heterocycles.